The Hall–Kier alpha value is -1.34. The Morgan fingerprint density at radius 1 is 1.30 bits per heavy atom. The molecule has 132 valence electrons. The quantitative estimate of drug-likeness (QED) is 0.305. The highest BCUT2D eigenvalue weighted by Gasteiger charge is 2.22. The Bertz CT molecular complexity index is 380. The van der Waals surface area contributed by atoms with E-state index < -0.39 is 0 Å². The fraction of sp³-hybridized carbons (Fsp3) is 0.875. The molecule has 1 saturated carbocycles. The number of nitrogens with zero attached hydrogens (tertiary/aromatic N) is 1. The molecule has 1 heterocycles. The molecule has 0 aromatic carbocycles. The molecule has 2 fully saturated rings. The first-order chi connectivity index (χ1) is 11.3. The molecule has 1 atom stereocenters. The van der Waals surface area contributed by atoms with Crippen molar-refractivity contribution in [1.29, 1.82) is 0 Å². The Morgan fingerprint density at radius 2 is 2.17 bits per heavy atom. The molecule has 1 aliphatic carbocycles. The number of amides is 1. The average Bonchev–Trinajstić information content (AvgIpc) is 3.20. The first-order valence-electron chi connectivity index (χ1n) is 8.75. The van der Waals surface area contributed by atoms with Crippen molar-refractivity contribution in [2.75, 3.05) is 46.1 Å². The molecule has 1 saturated heterocycles. The lowest BCUT2D eigenvalue weighted by Crippen LogP contribution is -2.39. The maximum absolute atomic E-state index is 11.6. The molecule has 7 heteroatoms. The van der Waals surface area contributed by atoms with E-state index in [4.69, 9.17) is 9.47 Å². The van der Waals surface area contributed by atoms with Crippen LogP contribution in [0.1, 0.15) is 32.6 Å². The van der Waals surface area contributed by atoms with Crippen LogP contribution in [0, 0.1) is 5.92 Å². The van der Waals surface area contributed by atoms with Crippen molar-refractivity contribution >= 4 is 11.9 Å². The van der Waals surface area contributed by atoms with E-state index in [-0.39, 0.29) is 12.5 Å². The zero-order chi connectivity index (χ0) is 16.3. The Morgan fingerprint density at radius 3 is 2.87 bits per heavy atom. The van der Waals surface area contributed by atoms with Crippen LogP contribution in [0.25, 0.3) is 0 Å². The van der Waals surface area contributed by atoms with Gasteiger partial charge in [0.15, 0.2) is 5.96 Å². The minimum Gasteiger partial charge on any atom is -0.381 e. The van der Waals surface area contributed by atoms with Crippen LogP contribution in [-0.4, -0.2) is 64.0 Å². The van der Waals surface area contributed by atoms with Crippen LogP contribution < -0.4 is 16.0 Å². The van der Waals surface area contributed by atoms with Gasteiger partial charge in [-0.25, -0.2) is 4.99 Å². The van der Waals surface area contributed by atoms with Gasteiger partial charge in [0.1, 0.15) is 6.54 Å². The summed E-state index contributed by atoms with van der Waals surface area (Å²) in [4.78, 5) is 15.9. The second kappa shape index (κ2) is 10.4. The molecule has 3 N–H and O–H groups in total. The number of guanidine groups is 1. The zero-order valence-corrected chi connectivity index (χ0v) is 14.1. The maximum atomic E-state index is 11.6. The zero-order valence-electron chi connectivity index (χ0n) is 14.1. The average molecular weight is 326 g/mol. The van der Waals surface area contributed by atoms with Gasteiger partial charge in [-0.1, -0.05) is 0 Å². The summed E-state index contributed by atoms with van der Waals surface area (Å²) >= 11 is 0. The van der Waals surface area contributed by atoms with Gasteiger partial charge in [0.25, 0.3) is 0 Å². The number of ether oxygens (including phenoxy) is 2. The lowest BCUT2D eigenvalue weighted by Gasteiger charge is -2.12. The molecule has 1 aliphatic heterocycles. The summed E-state index contributed by atoms with van der Waals surface area (Å²) in [7, 11) is 0. The Kier molecular flexibility index (Phi) is 8.17. The predicted octanol–water partition coefficient (Wildman–Crippen LogP) is 0.263. The fourth-order valence-corrected chi connectivity index (χ4v) is 2.34. The second-order valence-corrected chi connectivity index (χ2v) is 6.12. The van der Waals surface area contributed by atoms with Gasteiger partial charge in [-0.2, -0.15) is 0 Å². The number of aliphatic imine (C=N–C) groups is 1. The predicted molar refractivity (Wildman–Crippen MR) is 89.5 cm³/mol. The second-order valence-electron chi connectivity index (χ2n) is 6.12. The highest BCUT2D eigenvalue weighted by atomic mass is 16.5. The molecular weight excluding hydrogens is 296 g/mol. The van der Waals surface area contributed by atoms with Crippen LogP contribution in [0.5, 0.6) is 0 Å². The number of rotatable bonds is 10. The fourth-order valence-electron chi connectivity index (χ4n) is 2.34. The van der Waals surface area contributed by atoms with E-state index in [0.717, 1.165) is 65.2 Å². The molecule has 0 aromatic heterocycles. The summed E-state index contributed by atoms with van der Waals surface area (Å²) in [6.07, 6.45) is 4.21. The summed E-state index contributed by atoms with van der Waals surface area (Å²) in [5, 5.41) is 9.30. The van der Waals surface area contributed by atoms with Crippen molar-refractivity contribution in [2.24, 2.45) is 10.9 Å². The van der Waals surface area contributed by atoms with Gasteiger partial charge >= 0.3 is 0 Å². The van der Waals surface area contributed by atoms with Gasteiger partial charge in [0.05, 0.1) is 13.2 Å². The molecule has 0 bridgehead atoms. The lowest BCUT2D eigenvalue weighted by atomic mass is 10.1. The van der Waals surface area contributed by atoms with Crippen LogP contribution in [0.2, 0.25) is 0 Å². The van der Waals surface area contributed by atoms with Gasteiger partial charge in [-0.3, -0.25) is 4.79 Å². The van der Waals surface area contributed by atoms with Crippen molar-refractivity contribution in [2.45, 2.75) is 38.6 Å². The molecule has 0 spiro atoms. The van der Waals surface area contributed by atoms with E-state index in [1.54, 1.807) is 0 Å². The number of carbonyl (C=O) groups is 1. The largest absolute Gasteiger partial charge is 0.381 e. The summed E-state index contributed by atoms with van der Waals surface area (Å²) in [5.74, 6) is 1.24. The first-order valence-corrected chi connectivity index (χ1v) is 8.75. The van der Waals surface area contributed by atoms with Crippen molar-refractivity contribution < 1.29 is 14.3 Å². The Balaban J connectivity index is 1.52. The van der Waals surface area contributed by atoms with Crippen LogP contribution in [0.4, 0.5) is 0 Å². The molecule has 2 aliphatic rings. The highest BCUT2D eigenvalue weighted by Crippen LogP contribution is 2.18. The van der Waals surface area contributed by atoms with Crippen LogP contribution in [0.15, 0.2) is 4.99 Å². The third-order valence-corrected chi connectivity index (χ3v) is 3.80. The maximum Gasteiger partial charge on any atom is 0.242 e. The molecule has 0 radical (unpaired) electrons. The van der Waals surface area contributed by atoms with Crippen molar-refractivity contribution in [3.05, 3.63) is 0 Å². The van der Waals surface area contributed by atoms with E-state index >= 15 is 0 Å². The summed E-state index contributed by atoms with van der Waals surface area (Å²) < 4.78 is 11.0. The van der Waals surface area contributed by atoms with Crippen molar-refractivity contribution in [3.63, 3.8) is 0 Å². The number of carbonyl (C=O) groups excluding carboxylic acids is 1. The SMILES string of the molecule is CCNC(=NCC(=O)NC1CC1)NCCCOCC1CCOC1. The van der Waals surface area contributed by atoms with Crippen molar-refractivity contribution in [3.8, 4) is 0 Å². The third kappa shape index (κ3) is 8.18. The van der Waals surface area contributed by atoms with Gasteiger partial charge in [-0.05, 0) is 32.6 Å². The Labute approximate surface area is 138 Å². The molecule has 0 aromatic rings. The van der Waals surface area contributed by atoms with Gasteiger partial charge in [0, 0.05) is 38.3 Å². The molecule has 1 unspecified atom stereocenters. The highest BCUT2D eigenvalue weighted by molar-refractivity contribution is 5.85. The van der Waals surface area contributed by atoms with E-state index in [0.29, 0.717) is 17.9 Å². The van der Waals surface area contributed by atoms with Crippen LogP contribution in [0.3, 0.4) is 0 Å². The number of hydrogen-bond donors (Lipinski definition) is 3. The molecule has 23 heavy (non-hydrogen) atoms. The van der Waals surface area contributed by atoms with Gasteiger partial charge in [0.2, 0.25) is 5.91 Å². The number of nitrogens with one attached hydrogen (secondary N) is 3. The minimum absolute atomic E-state index is 0.00758. The first kappa shape index (κ1) is 18.0. The minimum atomic E-state index is -0.00758. The van der Waals surface area contributed by atoms with Gasteiger partial charge in [-0.15, -0.1) is 0 Å². The van der Waals surface area contributed by atoms with E-state index in [1.807, 2.05) is 6.92 Å². The summed E-state index contributed by atoms with van der Waals surface area (Å²) in [5.41, 5.74) is 0. The third-order valence-electron chi connectivity index (χ3n) is 3.80. The summed E-state index contributed by atoms with van der Waals surface area (Å²) in [6, 6.07) is 0.385. The molecule has 2 rings (SSSR count). The summed E-state index contributed by atoms with van der Waals surface area (Å²) in [6.45, 7) is 6.94. The standard InChI is InChI=1S/C16H30N4O3/c1-2-17-16(19-10-15(21)20-14-4-5-14)18-7-3-8-22-11-13-6-9-23-12-13/h13-14H,2-12H2,1H3,(H,20,21)(H2,17,18,19). The van der Waals surface area contributed by atoms with Crippen LogP contribution >= 0.6 is 0 Å². The van der Waals surface area contributed by atoms with E-state index in [1.165, 1.54) is 0 Å². The molecule has 7 nitrogen and oxygen atoms in total. The van der Waals surface area contributed by atoms with E-state index in [2.05, 4.69) is 20.9 Å². The van der Waals surface area contributed by atoms with Crippen molar-refractivity contribution in [1.82, 2.24) is 16.0 Å². The topological polar surface area (TPSA) is 84.0 Å². The lowest BCUT2D eigenvalue weighted by molar-refractivity contribution is -0.119. The smallest absolute Gasteiger partial charge is 0.242 e. The normalized spacial score (nSPS) is 21.3. The number of hydrogen-bond acceptors (Lipinski definition) is 4. The monoisotopic (exact) mass is 326 g/mol. The molecular formula is C16H30N4O3. The van der Waals surface area contributed by atoms with Gasteiger partial charge < -0.3 is 25.4 Å². The van der Waals surface area contributed by atoms with Crippen LogP contribution in [-0.2, 0) is 14.3 Å². The molecule has 1 amide bonds. The van der Waals surface area contributed by atoms with E-state index in [9.17, 15) is 4.79 Å².